The SMILES string of the molecule is C=C1C(F)CCCC1OC. The Morgan fingerprint density at radius 2 is 2.30 bits per heavy atom. The van der Waals surface area contributed by atoms with Crippen molar-refractivity contribution in [2.45, 2.75) is 31.5 Å². The van der Waals surface area contributed by atoms with Gasteiger partial charge >= 0.3 is 0 Å². The normalized spacial score (nSPS) is 34.4. The molecule has 1 aliphatic rings. The molecule has 0 aliphatic heterocycles. The van der Waals surface area contributed by atoms with Crippen molar-refractivity contribution in [3.05, 3.63) is 12.2 Å². The first-order valence-corrected chi connectivity index (χ1v) is 3.61. The van der Waals surface area contributed by atoms with Gasteiger partial charge in [-0.15, -0.1) is 0 Å². The summed E-state index contributed by atoms with van der Waals surface area (Å²) >= 11 is 0. The van der Waals surface area contributed by atoms with Crippen LogP contribution in [0.15, 0.2) is 12.2 Å². The number of ether oxygens (including phenoxy) is 1. The maximum absolute atomic E-state index is 12.8. The van der Waals surface area contributed by atoms with E-state index in [9.17, 15) is 4.39 Å². The fourth-order valence-electron chi connectivity index (χ4n) is 1.32. The molecule has 0 aromatic carbocycles. The summed E-state index contributed by atoms with van der Waals surface area (Å²) in [5, 5.41) is 0. The highest BCUT2D eigenvalue weighted by molar-refractivity contribution is 5.11. The number of halogens is 1. The lowest BCUT2D eigenvalue weighted by molar-refractivity contribution is 0.0896. The van der Waals surface area contributed by atoms with E-state index >= 15 is 0 Å². The van der Waals surface area contributed by atoms with Gasteiger partial charge in [0.2, 0.25) is 0 Å². The van der Waals surface area contributed by atoms with E-state index in [1.807, 2.05) is 0 Å². The average molecular weight is 144 g/mol. The lowest BCUT2D eigenvalue weighted by Gasteiger charge is -2.25. The molecule has 1 fully saturated rings. The Morgan fingerprint density at radius 3 is 2.80 bits per heavy atom. The number of hydrogen-bond acceptors (Lipinski definition) is 1. The van der Waals surface area contributed by atoms with Crippen LogP contribution in [0.5, 0.6) is 0 Å². The minimum absolute atomic E-state index is 0.0382. The molecule has 2 heteroatoms. The van der Waals surface area contributed by atoms with E-state index in [1.54, 1.807) is 7.11 Å². The summed E-state index contributed by atoms with van der Waals surface area (Å²) in [6.07, 6.45) is 1.59. The van der Waals surface area contributed by atoms with Crippen LogP contribution in [-0.2, 0) is 4.74 Å². The lowest BCUT2D eigenvalue weighted by Crippen LogP contribution is -2.25. The lowest BCUT2D eigenvalue weighted by atomic mass is 9.92. The first-order valence-electron chi connectivity index (χ1n) is 3.61. The summed E-state index contributed by atoms with van der Waals surface area (Å²) in [7, 11) is 1.61. The molecule has 0 bridgehead atoms. The second-order valence-corrected chi connectivity index (χ2v) is 2.70. The second kappa shape index (κ2) is 3.15. The standard InChI is InChI=1S/C8H13FO/c1-6-7(9)4-3-5-8(6)10-2/h7-8H,1,3-5H2,2H3. The van der Waals surface area contributed by atoms with Crippen LogP contribution in [0.3, 0.4) is 0 Å². The molecule has 0 N–H and O–H groups in total. The summed E-state index contributed by atoms with van der Waals surface area (Å²) in [5.74, 6) is 0. The predicted molar refractivity (Wildman–Crippen MR) is 38.7 cm³/mol. The molecule has 2 atom stereocenters. The van der Waals surface area contributed by atoms with E-state index in [2.05, 4.69) is 6.58 Å². The highest BCUT2D eigenvalue weighted by Crippen LogP contribution is 2.26. The van der Waals surface area contributed by atoms with Crippen LogP contribution in [0.2, 0.25) is 0 Å². The fraction of sp³-hybridized carbons (Fsp3) is 0.750. The van der Waals surface area contributed by atoms with Gasteiger partial charge in [-0.3, -0.25) is 0 Å². The molecule has 0 heterocycles. The summed E-state index contributed by atoms with van der Waals surface area (Å²) in [5.41, 5.74) is 0.619. The van der Waals surface area contributed by atoms with Gasteiger partial charge in [-0.2, -0.15) is 0 Å². The van der Waals surface area contributed by atoms with Gasteiger partial charge in [-0.25, -0.2) is 4.39 Å². The summed E-state index contributed by atoms with van der Waals surface area (Å²) in [6.45, 7) is 3.65. The Bertz CT molecular complexity index is 133. The average Bonchev–Trinajstić information content (AvgIpc) is 1.95. The summed E-state index contributed by atoms with van der Waals surface area (Å²) in [4.78, 5) is 0. The van der Waals surface area contributed by atoms with Crippen LogP contribution in [0.25, 0.3) is 0 Å². The van der Waals surface area contributed by atoms with Crippen molar-refractivity contribution in [1.29, 1.82) is 0 Å². The quantitative estimate of drug-likeness (QED) is 0.512. The first-order chi connectivity index (χ1) is 4.75. The van der Waals surface area contributed by atoms with E-state index in [4.69, 9.17) is 4.74 Å². The third kappa shape index (κ3) is 1.37. The van der Waals surface area contributed by atoms with Crippen molar-refractivity contribution in [2.75, 3.05) is 7.11 Å². The molecule has 58 valence electrons. The van der Waals surface area contributed by atoms with Crippen LogP contribution in [0.1, 0.15) is 19.3 Å². The van der Waals surface area contributed by atoms with Gasteiger partial charge in [-0.1, -0.05) is 6.58 Å². The van der Waals surface area contributed by atoms with Crippen LogP contribution in [0, 0.1) is 0 Å². The maximum atomic E-state index is 12.8. The van der Waals surface area contributed by atoms with Crippen molar-refractivity contribution >= 4 is 0 Å². The minimum atomic E-state index is -0.835. The van der Waals surface area contributed by atoms with Crippen LogP contribution >= 0.6 is 0 Å². The molecular weight excluding hydrogens is 131 g/mol. The van der Waals surface area contributed by atoms with Crippen LogP contribution < -0.4 is 0 Å². The molecule has 2 unspecified atom stereocenters. The van der Waals surface area contributed by atoms with E-state index in [0.29, 0.717) is 12.0 Å². The zero-order chi connectivity index (χ0) is 7.56. The topological polar surface area (TPSA) is 9.23 Å². The molecule has 10 heavy (non-hydrogen) atoms. The number of rotatable bonds is 1. The zero-order valence-corrected chi connectivity index (χ0v) is 6.27. The summed E-state index contributed by atoms with van der Waals surface area (Å²) in [6, 6.07) is 0. The Morgan fingerprint density at radius 1 is 1.60 bits per heavy atom. The van der Waals surface area contributed by atoms with Gasteiger partial charge < -0.3 is 4.74 Å². The highest BCUT2D eigenvalue weighted by Gasteiger charge is 2.24. The molecular formula is C8H13FO. The van der Waals surface area contributed by atoms with Gasteiger partial charge in [0.25, 0.3) is 0 Å². The molecule has 1 saturated carbocycles. The molecule has 0 amide bonds. The van der Waals surface area contributed by atoms with Gasteiger partial charge in [-0.05, 0) is 24.8 Å². The van der Waals surface area contributed by atoms with E-state index in [0.717, 1.165) is 12.8 Å². The van der Waals surface area contributed by atoms with Gasteiger partial charge in [0, 0.05) is 7.11 Å². The maximum Gasteiger partial charge on any atom is 0.123 e. The second-order valence-electron chi connectivity index (χ2n) is 2.70. The van der Waals surface area contributed by atoms with Crippen LogP contribution in [0.4, 0.5) is 4.39 Å². The smallest absolute Gasteiger partial charge is 0.123 e. The third-order valence-corrected chi connectivity index (χ3v) is 2.02. The Labute approximate surface area is 60.9 Å². The van der Waals surface area contributed by atoms with Gasteiger partial charge in [0.05, 0.1) is 6.10 Å². The Balaban J connectivity index is 2.51. The van der Waals surface area contributed by atoms with Crippen LogP contribution in [-0.4, -0.2) is 19.4 Å². The van der Waals surface area contributed by atoms with E-state index < -0.39 is 6.17 Å². The van der Waals surface area contributed by atoms with Crippen molar-refractivity contribution in [3.63, 3.8) is 0 Å². The molecule has 1 nitrogen and oxygen atoms in total. The molecule has 0 spiro atoms. The molecule has 0 radical (unpaired) electrons. The van der Waals surface area contributed by atoms with E-state index in [-0.39, 0.29) is 6.10 Å². The van der Waals surface area contributed by atoms with Crippen molar-refractivity contribution in [1.82, 2.24) is 0 Å². The fourth-order valence-corrected chi connectivity index (χ4v) is 1.32. The van der Waals surface area contributed by atoms with Crippen molar-refractivity contribution in [3.8, 4) is 0 Å². The van der Waals surface area contributed by atoms with Gasteiger partial charge in [0.15, 0.2) is 0 Å². The highest BCUT2D eigenvalue weighted by atomic mass is 19.1. The first kappa shape index (κ1) is 7.73. The molecule has 1 aliphatic carbocycles. The minimum Gasteiger partial charge on any atom is -0.377 e. The number of alkyl halides is 1. The molecule has 0 aromatic rings. The monoisotopic (exact) mass is 144 g/mol. The largest absolute Gasteiger partial charge is 0.377 e. The molecule has 1 rings (SSSR count). The van der Waals surface area contributed by atoms with Crippen molar-refractivity contribution < 1.29 is 9.13 Å². The summed E-state index contributed by atoms with van der Waals surface area (Å²) < 4.78 is 17.9. The molecule has 0 saturated heterocycles. The Kier molecular flexibility index (Phi) is 2.44. The number of hydrogen-bond donors (Lipinski definition) is 0. The zero-order valence-electron chi connectivity index (χ0n) is 6.27. The van der Waals surface area contributed by atoms with E-state index in [1.165, 1.54) is 0 Å². The van der Waals surface area contributed by atoms with Gasteiger partial charge in [0.1, 0.15) is 6.17 Å². The van der Waals surface area contributed by atoms with Crippen molar-refractivity contribution in [2.24, 2.45) is 0 Å². The number of methoxy groups -OCH3 is 1. The molecule has 0 aromatic heterocycles. The Hall–Kier alpha value is -0.370. The predicted octanol–water partition coefficient (Wildman–Crippen LogP) is 2.08. The third-order valence-electron chi connectivity index (χ3n) is 2.02.